The van der Waals surface area contributed by atoms with E-state index in [9.17, 15) is 22.1 Å². The maximum Gasteiger partial charge on any atom is 0.673 e. The number of rotatable bonds is 2. The normalized spacial score (nSPS) is 13.5. The second kappa shape index (κ2) is 8.75. The van der Waals surface area contributed by atoms with Gasteiger partial charge >= 0.3 is 7.25 Å². The van der Waals surface area contributed by atoms with Crippen molar-refractivity contribution in [2.24, 2.45) is 0 Å². The molecule has 160 valence electrons. The van der Waals surface area contributed by atoms with E-state index in [1.807, 2.05) is 19.1 Å². The quantitative estimate of drug-likeness (QED) is 0.258. The molecule has 31 heavy (non-hydrogen) atoms. The van der Waals surface area contributed by atoms with Crippen molar-refractivity contribution in [2.45, 2.75) is 13.3 Å². The second-order valence-electron chi connectivity index (χ2n) is 6.52. The van der Waals surface area contributed by atoms with Gasteiger partial charge in [0.2, 0.25) is 0 Å². The van der Waals surface area contributed by atoms with Crippen LogP contribution in [-0.2, 0) is 0 Å². The Labute approximate surface area is 178 Å². The van der Waals surface area contributed by atoms with Crippen LogP contribution in [0.2, 0.25) is 5.02 Å². The van der Waals surface area contributed by atoms with E-state index in [0.717, 1.165) is 22.3 Å². The number of aromatic amines is 1. The van der Waals surface area contributed by atoms with E-state index in [1.165, 1.54) is 4.68 Å². The standard InChI is InChI=1S/C19H14ClN5O.BF4/c1-11-17(12-2-6-14(23-21)7-3-12)18-16(10-22-11)19(26)25(24-18)15-8-4-13(20)5-9-15;2-1(3,4)5/h2-6,8-10,24H,7H2,1H3;/q;-1. The van der Waals surface area contributed by atoms with Gasteiger partial charge in [-0.3, -0.25) is 14.9 Å². The highest BCUT2D eigenvalue weighted by molar-refractivity contribution is 6.50. The lowest BCUT2D eigenvalue weighted by atomic mass is 9.96. The summed E-state index contributed by atoms with van der Waals surface area (Å²) in [5.74, 6) is 0. The van der Waals surface area contributed by atoms with Gasteiger partial charge in [-0.2, -0.15) is 4.79 Å². The molecular formula is C19H14BClF4N5O-. The van der Waals surface area contributed by atoms with Gasteiger partial charge in [-0.25, -0.2) is 4.68 Å². The Morgan fingerprint density at radius 3 is 2.39 bits per heavy atom. The zero-order valence-corrected chi connectivity index (χ0v) is 16.7. The SMILES string of the molecule is Cc1ncc2c(=O)n(-c3ccc(Cl)cc3)[nH]c2c1C1=CCC(=[N+]=[N-])C=C1.F[B-](F)(F)F. The van der Waals surface area contributed by atoms with Gasteiger partial charge in [-0.1, -0.05) is 17.7 Å². The first-order valence-corrected chi connectivity index (χ1v) is 9.29. The van der Waals surface area contributed by atoms with Crippen LogP contribution in [0.3, 0.4) is 0 Å². The lowest BCUT2D eigenvalue weighted by Gasteiger charge is -2.09. The second-order valence-corrected chi connectivity index (χ2v) is 6.96. The summed E-state index contributed by atoms with van der Waals surface area (Å²) >= 11 is 5.94. The number of hydrogen-bond acceptors (Lipinski definition) is 2. The molecule has 3 aromatic rings. The maximum atomic E-state index is 12.8. The summed E-state index contributed by atoms with van der Waals surface area (Å²) in [6.07, 6.45) is 7.67. The van der Waals surface area contributed by atoms with Gasteiger partial charge in [0, 0.05) is 28.6 Å². The third-order valence-electron chi connectivity index (χ3n) is 4.41. The molecule has 1 aromatic carbocycles. The summed E-state index contributed by atoms with van der Waals surface area (Å²) in [6, 6.07) is 7.04. The number of aryl methyl sites for hydroxylation is 1. The predicted molar refractivity (Wildman–Crippen MR) is 112 cm³/mol. The number of fused-ring (bicyclic) bond motifs is 1. The first kappa shape index (κ1) is 22.3. The summed E-state index contributed by atoms with van der Waals surface area (Å²) in [5.41, 5.74) is 13.3. The van der Waals surface area contributed by atoms with Crippen LogP contribution in [0.25, 0.3) is 27.7 Å². The molecule has 0 fully saturated rings. The Morgan fingerprint density at radius 1 is 1.19 bits per heavy atom. The number of H-pyrrole nitrogens is 1. The van der Waals surface area contributed by atoms with Gasteiger partial charge in [0.1, 0.15) is 0 Å². The number of hydrogen-bond donors (Lipinski definition) is 1. The molecule has 0 radical (unpaired) electrons. The minimum Gasteiger partial charge on any atom is -0.418 e. The summed E-state index contributed by atoms with van der Waals surface area (Å²) in [4.78, 5) is 20.4. The number of halogens is 5. The van der Waals surface area contributed by atoms with E-state index in [4.69, 9.17) is 17.1 Å². The van der Waals surface area contributed by atoms with E-state index in [0.29, 0.717) is 28.2 Å². The highest BCUT2D eigenvalue weighted by atomic mass is 35.5. The third kappa shape index (κ3) is 5.20. The van der Waals surface area contributed by atoms with Crippen LogP contribution in [0.15, 0.2) is 53.5 Å². The summed E-state index contributed by atoms with van der Waals surface area (Å²) in [6.45, 7) is 1.90. The highest BCUT2D eigenvalue weighted by Gasteiger charge is 2.21. The number of pyridine rings is 1. The molecule has 0 atom stereocenters. The molecule has 6 nitrogen and oxygen atoms in total. The maximum absolute atomic E-state index is 12.8. The van der Waals surface area contributed by atoms with Gasteiger partial charge < -0.3 is 22.8 Å². The number of nitrogens with zero attached hydrogens (tertiary/aromatic N) is 4. The Bertz CT molecular complexity index is 1300. The molecule has 0 bridgehead atoms. The minimum atomic E-state index is -6.00. The molecule has 0 amide bonds. The zero-order chi connectivity index (χ0) is 22.8. The topological polar surface area (TPSA) is 87.1 Å². The largest absolute Gasteiger partial charge is 0.673 e. The van der Waals surface area contributed by atoms with Crippen molar-refractivity contribution in [2.75, 3.05) is 0 Å². The molecule has 0 spiro atoms. The Kier molecular flexibility index (Phi) is 6.28. The molecular weight excluding hydrogens is 437 g/mol. The number of benzene rings is 1. The number of aromatic nitrogens is 3. The van der Waals surface area contributed by atoms with E-state index >= 15 is 0 Å². The molecule has 0 saturated carbocycles. The van der Waals surface area contributed by atoms with Gasteiger partial charge in [0.25, 0.3) is 11.3 Å². The molecule has 0 aliphatic heterocycles. The fraction of sp³-hybridized carbons (Fsp3) is 0.105. The van der Waals surface area contributed by atoms with Gasteiger partial charge in [-0.15, -0.1) is 0 Å². The van der Waals surface area contributed by atoms with Gasteiger partial charge in [0.15, 0.2) is 0 Å². The van der Waals surface area contributed by atoms with Crippen LogP contribution in [0.4, 0.5) is 17.3 Å². The highest BCUT2D eigenvalue weighted by Crippen LogP contribution is 2.28. The van der Waals surface area contributed by atoms with Crippen molar-refractivity contribution >= 4 is 41.0 Å². The Balaban J connectivity index is 0.000000491. The molecule has 0 saturated heterocycles. The molecule has 2 aromatic heterocycles. The molecule has 12 heteroatoms. The zero-order valence-electron chi connectivity index (χ0n) is 16.0. The lowest BCUT2D eigenvalue weighted by molar-refractivity contribution is -0.00535. The molecule has 0 unspecified atom stereocenters. The lowest BCUT2D eigenvalue weighted by Crippen LogP contribution is -2.14. The van der Waals surface area contributed by atoms with Crippen LogP contribution < -0.4 is 5.56 Å². The molecule has 1 aliphatic rings. The van der Waals surface area contributed by atoms with Gasteiger partial charge in [0.05, 0.1) is 23.0 Å². The average Bonchev–Trinajstić information content (AvgIpc) is 3.04. The molecule has 2 heterocycles. The summed E-state index contributed by atoms with van der Waals surface area (Å²) in [5, 5.41) is 4.32. The van der Waals surface area contributed by atoms with E-state index in [2.05, 4.69) is 14.9 Å². The van der Waals surface area contributed by atoms with Crippen LogP contribution in [0.1, 0.15) is 17.7 Å². The van der Waals surface area contributed by atoms with Crippen LogP contribution >= 0.6 is 11.6 Å². The van der Waals surface area contributed by atoms with E-state index < -0.39 is 7.25 Å². The summed E-state index contributed by atoms with van der Waals surface area (Å²) in [7, 11) is -6.00. The van der Waals surface area contributed by atoms with Crippen LogP contribution in [0.5, 0.6) is 0 Å². The van der Waals surface area contributed by atoms with Crippen LogP contribution in [0, 0.1) is 6.92 Å². The van der Waals surface area contributed by atoms with Crippen molar-refractivity contribution in [1.82, 2.24) is 14.8 Å². The smallest absolute Gasteiger partial charge is 0.418 e. The predicted octanol–water partition coefficient (Wildman–Crippen LogP) is 4.99. The van der Waals surface area contributed by atoms with Crippen molar-refractivity contribution in [3.8, 4) is 5.69 Å². The minimum absolute atomic E-state index is 0.172. The molecule has 4 rings (SSSR count). The third-order valence-corrected chi connectivity index (χ3v) is 4.67. The fourth-order valence-corrected chi connectivity index (χ4v) is 3.21. The van der Waals surface area contributed by atoms with Crippen molar-refractivity contribution in [3.63, 3.8) is 0 Å². The number of allylic oxidation sites excluding steroid dienone is 4. The Morgan fingerprint density at radius 2 is 1.84 bits per heavy atom. The van der Waals surface area contributed by atoms with E-state index in [-0.39, 0.29) is 5.56 Å². The van der Waals surface area contributed by atoms with Crippen LogP contribution in [-0.4, -0.2) is 32.5 Å². The van der Waals surface area contributed by atoms with E-state index in [1.54, 1.807) is 36.5 Å². The first-order valence-electron chi connectivity index (χ1n) is 8.91. The summed E-state index contributed by atoms with van der Waals surface area (Å²) < 4.78 is 40.5. The average molecular weight is 451 g/mol. The van der Waals surface area contributed by atoms with Crippen molar-refractivity contribution < 1.29 is 22.1 Å². The van der Waals surface area contributed by atoms with Crippen molar-refractivity contribution in [1.29, 1.82) is 0 Å². The monoisotopic (exact) mass is 450 g/mol. The van der Waals surface area contributed by atoms with Gasteiger partial charge in [-0.05, 0) is 42.8 Å². The fourth-order valence-electron chi connectivity index (χ4n) is 3.09. The molecule has 1 aliphatic carbocycles. The first-order chi connectivity index (χ1) is 14.6. The van der Waals surface area contributed by atoms with Crippen molar-refractivity contribution in [3.05, 3.63) is 80.9 Å². The molecule has 1 N–H and O–H groups in total. The Hall–Kier alpha value is -3.43. The number of nitrogens with one attached hydrogen (secondary N) is 1.